The van der Waals surface area contributed by atoms with Gasteiger partial charge in [0.05, 0.1) is 0 Å². The molecule has 1 amide bonds. The van der Waals surface area contributed by atoms with Crippen LogP contribution in [0.25, 0.3) is 0 Å². The summed E-state index contributed by atoms with van der Waals surface area (Å²) in [7, 11) is 0. The molecule has 0 aromatic carbocycles. The molecular weight excluding hydrogens is 216 g/mol. The lowest BCUT2D eigenvalue weighted by molar-refractivity contribution is -0.130. The van der Waals surface area contributed by atoms with Gasteiger partial charge < -0.3 is 15.0 Å². The summed E-state index contributed by atoms with van der Waals surface area (Å²) >= 11 is 0. The predicted molar refractivity (Wildman–Crippen MR) is 66.8 cm³/mol. The molecule has 1 N–H and O–H groups in total. The lowest BCUT2D eigenvalue weighted by Crippen LogP contribution is -2.36. The van der Waals surface area contributed by atoms with Crippen LogP contribution in [0.2, 0.25) is 0 Å². The van der Waals surface area contributed by atoms with Crippen molar-refractivity contribution < 1.29 is 9.53 Å². The Morgan fingerprint density at radius 3 is 2.82 bits per heavy atom. The molecule has 2 aliphatic heterocycles. The van der Waals surface area contributed by atoms with Crippen molar-refractivity contribution in [1.82, 2.24) is 10.2 Å². The Bertz CT molecular complexity index is 262. The van der Waals surface area contributed by atoms with Crippen molar-refractivity contribution in [3.8, 4) is 0 Å². The molecule has 1 spiro atoms. The molecule has 0 aliphatic carbocycles. The molecule has 0 atom stereocenters. The summed E-state index contributed by atoms with van der Waals surface area (Å²) < 4.78 is 5.42. The average Bonchev–Trinajstić information content (AvgIpc) is 2.74. The number of hydrogen-bond acceptors (Lipinski definition) is 3. The van der Waals surface area contributed by atoms with Crippen molar-refractivity contribution in [1.29, 1.82) is 0 Å². The van der Waals surface area contributed by atoms with E-state index in [1.54, 1.807) is 0 Å². The van der Waals surface area contributed by atoms with Crippen LogP contribution in [0, 0.1) is 5.41 Å². The van der Waals surface area contributed by atoms with E-state index in [-0.39, 0.29) is 0 Å². The van der Waals surface area contributed by atoms with E-state index >= 15 is 0 Å². The van der Waals surface area contributed by atoms with E-state index in [1.165, 1.54) is 6.42 Å². The molecule has 4 nitrogen and oxygen atoms in total. The smallest absolute Gasteiger partial charge is 0.223 e. The fraction of sp³-hybridized carbons (Fsp3) is 0.923. The summed E-state index contributed by atoms with van der Waals surface area (Å²) in [6.07, 6.45) is 4.07. The second-order valence-electron chi connectivity index (χ2n) is 5.28. The Morgan fingerprint density at radius 2 is 2.12 bits per heavy atom. The Morgan fingerprint density at radius 1 is 1.35 bits per heavy atom. The maximum absolute atomic E-state index is 12.0. The summed E-state index contributed by atoms with van der Waals surface area (Å²) in [5.74, 6) is 0.314. The highest BCUT2D eigenvalue weighted by molar-refractivity contribution is 5.76. The van der Waals surface area contributed by atoms with Gasteiger partial charge in [-0.3, -0.25) is 4.79 Å². The molecule has 98 valence electrons. The third-order valence-electron chi connectivity index (χ3n) is 4.11. The number of amides is 1. The highest BCUT2D eigenvalue weighted by atomic mass is 16.5. The van der Waals surface area contributed by atoms with Gasteiger partial charge in [0.2, 0.25) is 5.91 Å². The molecule has 2 heterocycles. The molecule has 17 heavy (non-hydrogen) atoms. The van der Waals surface area contributed by atoms with E-state index in [9.17, 15) is 4.79 Å². The van der Waals surface area contributed by atoms with Crippen LogP contribution in [0.15, 0.2) is 0 Å². The molecule has 4 heteroatoms. The second kappa shape index (κ2) is 5.83. The van der Waals surface area contributed by atoms with Crippen LogP contribution in [0.3, 0.4) is 0 Å². The topological polar surface area (TPSA) is 41.6 Å². The van der Waals surface area contributed by atoms with Crippen LogP contribution in [0.5, 0.6) is 0 Å². The van der Waals surface area contributed by atoms with Crippen molar-refractivity contribution in [2.45, 2.75) is 32.6 Å². The normalized spacial score (nSPS) is 23.2. The van der Waals surface area contributed by atoms with Gasteiger partial charge in [0.1, 0.15) is 0 Å². The van der Waals surface area contributed by atoms with Crippen LogP contribution in [0.4, 0.5) is 0 Å². The fourth-order valence-electron chi connectivity index (χ4n) is 2.89. The quantitative estimate of drug-likeness (QED) is 0.746. The summed E-state index contributed by atoms with van der Waals surface area (Å²) in [4.78, 5) is 14.1. The maximum atomic E-state index is 12.0. The zero-order valence-corrected chi connectivity index (χ0v) is 10.8. The minimum absolute atomic E-state index is 0.314. The molecule has 0 radical (unpaired) electrons. The summed E-state index contributed by atoms with van der Waals surface area (Å²) in [5, 5.41) is 3.21. The van der Waals surface area contributed by atoms with Gasteiger partial charge in [-0.05, 0) is 31.2 Å². The van der Waals surface area contributed by atoms with E-state index in [2.05, 4.69) is 17.1 Å². The standard InChI is InChI=1S/C13H24N2O2/c1-2-14-7-3-12(16)15-8-4-13(11-15)5-9-17-10-6-13/h14H,2-11H2,1H3. The molecule has 2 saturated heterocycles. The fourth-order valence-corrected chi connectivity index (χ4v) is 2.89. The van der Waals surface area contributed by atoms with E-state index in [4.69, 9.17) is 4.74 Å². The molecule has 0 unspecified atom stereocenters. The predicted octanol–water partition coefficient (Wildman–Crippen LogP) is 1.02. The van der Waals surface area contributed by atoms with Crippen LogP contribution >= 0.6 is 0 Å². The first-order valence-electron chi connectivity index (χ1n) is 6.82. The number of carbonyl (C=O) groups excluding carboxylic acids is 1. The molecule has 0 bridgehead atoms. The van der Waals surface area contributed by atoms with Crippen LogP contribution in [0.1, 0.15) is 32.6 Å². The Hall–Kier alpha value is -0.610. The van der Waals surface area contributed by atoms with Gasteiger partial charge in [-0.1, -0.05) is 6.92 Å². The lowest BCUT2D eigenvalue weighted by atomic mass is 9.80. The van der Waals surface area contributed by atoms with E-state index in [0.717, 1.165) is 52.2 Å². The maximum Gasteiger partial charge on any atom is 0.223 e. The van der Waals surface area contributed by atoms with Crippen molar-refractivity contribution in [2.24, 2.45) is 5.41 Å². The van der Waals surface area contributed by atoms with E-state index < -0.39 is 0 Å². The Balaban J connectivity index is 1.78. The molecular formula is C13H24N2O2. The van der Waals surface area contributed by atoms with Gasteiger partial charge in [0, 0.05) is 39.3 Å². The number of ether oxygens (including phenoxy) is 1. The van der Waals surface area contributed by atoms with Gasteiger partial charge >= 0.3 is 0 Å². The van der Waals surface area contributed by atoms with Gasteiger partial charge in [-0.15, -0.1) is 0 Å². The molecule has 0 aromatic rings. The minimum atomic E-state index is 0.314. The van der Waals surface area contributed by atoms with Crippen molar-refractivity contribution in [2.75, 3.05) is 39.4 Å². The lowest BCUT2D eigenvalue weighted by Gasteiger charge is -2.33. The monoisotopic (exact) mass is 240 g/mol. The highest BCUT2D eigenvalue weighted by Gasteiger charge is 2.40. The zero-order valence-electron chi connectivity index (χ0n) is 10.8. The van der Waals surface area contributed by atoms with Gasteiger partial charge in [-0.2, -0.15) is 0 Å². The number of nitrogens with one attached hydrogen (secondary N) is 1. The number of likely N-dealkylation sites (tertiary alicyclic amines) is 1. The number of hydrogen-bond donors (Lipinski definition) is 1. The molecule has 2 aliphatic rings. The Kier molecular flexibility index (Phi) is 4.40. The first kappa shape index (κ1) is 12.8. The first-order chi connectivity index (χ1) is 8.26. The number of nitrogens with zero attached hydrogens (tertiary/aromatic N) is 1. The summed E-state index contributed by atoms with van der Waals surface area (Å²) in [6.45, 7) is 7.47. The largest absolute Gasteiger partial charge is 0.381 e. The average molecular weight is 240 g/mol. The van der Waals surface area contributed by atoms with Crippen molar-refractivity contribution in [3.05, 3.63) is 0 Å². The zero-order chi connectivity index (χ0) is 12.1. The van der Waals surface area contributed by atoms with Gasteiger partial charge in [0.25, 0.3) is 0 Å². The third kappa shape index (κ3) is 3.19. The molecule has 2 fully saturated rings. The number of rotatable bonds is 4. The summed E-state index contributed by atoms with van der Waals surface area (Å²) in [6, 6.07) is 0. The van der Waals surface area contributed by atoms with Crippen molar-refractivity contribution in [3.63, 3.8) is 0 Å². The van der Waals surface area contributed by atoms with E-state index in [0.29, 0.717) is 17.7 Å². The van der Waals surface area contributed by atoms with Gasteiger partial charge in [-0.25, -0.2) is 0 Å². The first-order valence-corrected chi connectivity index (χ1v) is 6.82. The van der Waals surface area contributed by atoms with Gasteiger partial charge in [0.15, 0.2) is 0 Å². The number of carbonyl (C=O) groups is 1. The summed E-state index contributed by atoms with van der Waals surface area (Å²) in [5.41, 5.74) is 0.381. The van der Waals surface area contributed by atoms with E-state index in [1.807, 2.05) is 0 Å². The van der Waals surface area contributed by atoms with Crippen LogP contribution in [-0.4, -0.2) is 50.2 Å². The highest BCUT2D eigenvalue weighted by Crippen LogP contribution is 2.39. The Labute approximate surface area is 104 Å². The van der Waals surface area contributed by atoms with Crippen LogP contribution in [-0.2, 0) is 9.53 Å². The SMILES string of the molecule is CCNCCC(=O)N1CCC2(CCOCC2)C1. The molecule has 0 saturated carbocycles. The van der Waals surface area contributed by atoms with Crippen LogP contribution < -0.4 is 5.32 Å². The minimum Gasteiger partial charge on any atom is -0.381 e. The second-order valence-corrected chi connectivity index (χ2v) is 5.28. The molecule has 0 aromatic heterocycles. The van der Waals surface area contributed by atoms with Crippen molar-refractivity contribution >= 4 is 5.91 Å². The third-order valence-corrected chi connectivity index (χ3v) is 4.11. The molecule has 2 rings (SSSR count).